The topological polar surface area (TPSA) is 83.8 Å². The van der Waals surface area contributed by atoms with Gasteiger partial charge in [0.15, 0.2) is 5.13 Å². The summed E-state index contributed by atoms with van der Waals surface area (Å²) in [6.07, 6.45) is 3.44. The molecule has 3 rings (SSSR count). The number of rotatable bonds is 2. The molecule has 0 aliphatic rings. The van der Waals surface area contributed by atoms with Crippen LogP contribution in [-0.4, -0.2) is 22.4 Å². The lowest BCUT2D eigenvalue weighted by Gasteiger charge is -2.03. The largest absolute Gasteiger partial charge is 0.361 e. The summed E-state index contributed by atoms with van der Waals surface area (Å²) in [7, 11) is 0. The molecule has 0 saturated heterocycles. The zero-order valence-electron chi connectivity index (χ0n) is 11.0. The predicted octanol–water partition coefficient (Wildman–Crippen LogP) is 2.19. The first kappa shape index (κ1) is 13.4. The number of benzene rings is 1. The van der Waals surface area contributed by atoms with Crippen LogP contribution in [0.4, 0.5) is 5.13 Å². The lowest BCUT2D eigenvalue weighted by Crippen LogP contribution is -2.11. The molecule has 5 nitrogen and oxygen atoms in total. The first-order chi connectivity index (χ1) is 10.3. The molecule has 2 aromatic heterocycles. The molecule has 0 fully saturated rings. The molecular weight excluding hydrogens is 284 g/mol. The Bertz CT molecular complexity index is 853. The van der Waals surface area contributed by atoms with Gasteiger partial charge in [0, 0.05) is 22.7 Å². The van der Waals surface area contributed by atoms with E-state index in [1.54, 1.807) is 12.3 Å². The quantitative estimate of drug-likeness (QED) is 0.634. The van der Waals surface area contributed by atoms with Crippen molar-refractivity contribution in [2.45, 2.75) is 0 Å². The summed E-state index contributed by atoms with van der Waals surface area (Å²) in [6, 6.07) is 7.43. The molecule has 1 aromatic carbocycles. The fourth-order valence-corrected chi connectivity index (χ4v) is 2.66. The molecule has 0 unspecified atom stereocenters. The number of aromatic nitrogens is 2. The molecule has 2 heterocycles. The van der Waals surface area contributed by atoms with Gasteiger partial charge < -0.3 is 10.7 Å². The number of H-pyrrole nitrogens is 1. The van der Waals surface area contributed by atoms with Gasteiger partial charge in [-0.2, -0.15) is 0 Å². The molecule has 0 aliphatic carbocycles. The minimum atomic E-state index is -0.187. The summed E-state index contributed by atoms with van der Waals surface area (Å²) in [4.78, 5) is 20.3. The van der Waals surface area contributed by atoms with Crippen LogP contribution in [-0.2, 0) is 0 Å². The molecule has 4 N–H and O–H groups in total. The molecule has 0 saturated carbocycles. The second-order valence-corrected chi connectivity index (χ2v) is 5.26. The number of carbonyl (C=O) groups excluding carboxylic acids is 1. The fraction of sp³-hybridized carbons (Fsp3) is 0.0667. The molecule has 6 heteroatoms. The van der Waals surface area contributed by atoms with Gasteiger partial charge in [0.1, 0.15) is 0 Å². The molecule has 21 heavy (non-hydrogen) atoms. The highest BCUT2D eigenvalue weighted by Gasteiger charge is 2.12. The van der Waals surface area contributed by atoms with Crippen LogP contribution in [0.3, 0.4) is 0 Å². The number of carbonyl (C=O) groups is 1. The van der Waals surface area contributed by atoms with E-state index < -0.39 is 0 Å². The number of aromatic amines is 1. The SMILES string of the molecule is NCC#Cc1cnc(NC(=O)c2cccc3[nH]ccc23)s1. The summed E-state index contributed by atoms with van der Waals surface area (Å²) >= 11 is 1.32. The summed E-state index contributed by atoms with van der Waals surface area (Å²) in [5.41, 5.74) is 6.86. The van der Waals surface area contributed by atoms with Crippen LogP contribution in [0.5, 0.6) is 0 Å². The predicted molar refractivity (Wildman–Crippen MR) is 84.3 cm³/mol. The van der Waals surface area contributed by atoms with Crippen molar-refractivity contribution in [2.75, 3.05) is 11.9 Å². The number of thiazole rings is 1. The first-order valence-electron chi connectivity index (χ1n) is 6.30. The Balaban J connectivity index is 1.83. The van der Waals surface area contributed by atoms with Gasteiger partial charge >= 0.3 is 0 Å². The van der Waals surface area contributed by atoms with Gasteiger partial charge in [-0.25, -0.2) is 4.98 Å². The zero-order chi connectivity index (χ0) is 14.7. The Morgan fingerprint density at radius 1 is 1.43 bits per heavy atom. The van der Waals surface area contributed by atoms with Crippen molar-refractivity contribution in [1.82, 2.24) is 9.97 Å². The van der Waals surface area contributed by atoms with E-state index in [2.05, 4.69) is 27.1 Å². The summed E-state index contributed by atoms with van der Waals surface area (Å²) in [5, 5.41) is 4.20. The van der Waals surface area contributed by atoms with Crippen molar-refractivity contribution >= 4 is 33.3 Å². The Morgan fingerprint density at radius 3 is 3.19 bits per heavy atom. The van der Waals surface area contributed by atoms with Crippen LogP contribution in [0.2, 0.25) is 0 Å². The van der Waals surface area contributed by atoms with E-state index in [9.17, 15) is 4.79 Å². The number of anilines is 1. The van der Waals surface area contributed by atoms with Crippen molar-refractivity contribution in [1.29, 1.82) is 0 Å². The van der Waals surface area contributed by atoms with E-state index in [4.69, 9.17) is 5.73 Å². The Kier molecular flexibility index (Phi) is 3.69. The Hall–Kier alpha value is -2.62. The smallest absolute Gasteiger partial charge is 0.258 e. The third-order valence-electron chi connectivity index (χ3n) is 2.88. The van der Waals surface area contributed by atoms with Gasteiger partial charge in [0.25, 0.3) is 5.91 Å². The molecule has 0 radical (unpaired) electrons. The van der Waals surface area contributed by atoms with Crippen LogP contribution in [0, 0.1) is 11.8 Å². The van der Waals surface area contributed by atoms with E-state index in [1.807, 2.05) is 24.4 Å². The standard InChI is InChI=1S/C15H12N4OS/c16-7-2-3-10-9-18-15(21-10)19-14(20)12-4-1-5-13-11(12)6-8-17-13/h1,4-6,8-9,17H,7,16H2,(H,18,19,20). The monoisotopic (exact) mass is 296 g/mol. The van der Waals surface area contributed by atoms with Crippen molar-refractivity contribution in [3.8, 4) is 11.8 Å². The minimum Gasteiger partial charge on any atom is -0.361 e. The molecular formula is C15H12N4OS. The maximum Gasteiger partial charge on any atom is 0.258 e. The molecule has 0 spiro atoms. The van der Waals surface area contributed by atoms with Crippen LogP contribution in [0.15, 0.2) is 36.7 Å². The first-order valence-corrected chi connectivity index (χ1v) is 7.12. The van der Waals surface area contributed by atoms with Gasteiger partial charge in [0.05, 0.1) is 17.6 Å². The highest BCUT2D eigenvalue weighted by atomic mass is 32.1. The average Bonchev–Trinajstić information content (AvgIpc) is 3.13. The molecule has 1 amide bonds. The molecule has 104 valence electrons. The highest BCUT2D eigenvalue weighted by molar-refractivity contribution is 7.16. The van der Waals surface area contributed by atoms with Gasteiger partial charge in [-0.3, -0.25) is 10.1 Å². The van der Waals surface area contributed by atoms with Gasteiger partial charge in [-0.05, 0) is 18.2 Å². The lowest BCUT2D eigenvalue weighted by molar-refractivity contribution is 0.102. The summed E-state index contributed by atoms with van der Waals surface area (Å²) in [5.74, 6) is 5.46. The van der Waals surface area contributed by atoms with Crippen LogP contribution >= 0.6 is 11.3 Å². The lowest BCUT2D eigenvalue weighted by atomic mass is 10.1. The second kappa shape index (κ2) is 5.79. The van der Waals surface area contributed by atoms with E-state index >= 15 is 0 Å². The number of nitrogens with two attached hydrogens (primary N) is 1. The van der Waals surface area contributed by atoms with Crippen molar-refractivity contribution < 1.29 is 4.79 Å². The average molecular weight is 296 g/mol. The number of hydrogen-bond acceptors (Lipinski definition) is 4. The van der Waals surface area contributed by atoms with E-state index in [0.29, 0.717) is 17.2 Å². The summed E-state index contributed by atoms with van der Waals surface area (Å²) in [6.45, 7) is 0.301. The minimum absolute atomic E-state index is 0.187. The van der Waals surface area contributed by atoms with Crippen LogP contribution < -0.4 is 11.1 Å². The maximum absolute atomic E-state index is 12.3. The van der Waals surface area contributed by atoms with Gasteiger partial charge in [-0.1, -0.05) is 29.2 Å². The zero-order valence-corrected chi connectivity index (χ0v) is 11.8. The number of nitrogens with zero attached hydrogens (tertiary/aromatic N) is 1. The number of amides is 1. The van der Waals surface area contributed by atoms with Crippen molar-refractivity contribution in [2.24, 2.45) is 5.73 Å². The maximum atomic E-state index is 12.3. The number of hydrogen-bond donors (Lipinski definition) is 3. The highest BCUT2D eigenvalue weighted by Crippen LogP contribution is 2.21. The van der Waals surface area contributed by atoms with Crippen LogP contribution in [0.1, 0.15) is 15.2 Å². The number of fused-ring (bicyclic) bond motifs is 1. The molecule has 0 atom stereocenters. The Labute approximate surface area is 125 Å². The van der Waals surface area contributed by atoms with Crippen LogP contribution in [0.25, 0.3) is 10.9 Å². The third-order valence-corrected chi connectivity index (χ3v) is 3.71. The van der Waals surface area contributed by atoms with Crippen molar-refractivity contribution in [3.05, 3.63) is 47.1 Å². The Morgan fingerprint density at radius 2 is 2.33 bits per heavy atom. The van der Waals surface area contributed by atoms with Gasteiger partial charge in [-0.15, -0.1) is 0 Å². The fourth-order valence-electron chi connectivity index (χ4n) is 1.98. The van der Waals surface area contributed by atoms with E-state index in [0.717, 1.165) is 15.8 Å². The van der Waals surface area contributed by atoms with Crippen molar-refractivity contribution in [3.63, 3.8) is 0 Å². The normalized spacial score (nSPS) is 10.1. The third kappa shape index (κ3) is 2.79. The molecule has 3 aromatic rings. The van der Waals surface area contributed by atoms with Gasteiger partial charge in [0.2, 0.25) is 0 Å². The van der Waals surface area contributed by atoms with E-state index in [-0.39, 0.29) is 5.91 Å². The summed E-state index contributed by atoms with van der Waals surface area (Å²) < 4.78 is 0. The van der Waals surface area contributed by atoms with E-state index in [1.165, 1.54) is 11.3 Å². The second-order valence-electron chi connectivity index (χ2n) is 4.23. The molecule has 0 aliphatic heterocycles. The molecule has 0 bridgehead atoms. The number of nitrogens with one attached hydrogen (secondary N) is 2.